The molecule has 0 fully saturated rings. The number of nitrogens with one attached hydrogen (secondary N) is 1. The van der Waals surface area contributed by atoms with Crippen molar-refractivity contribution < 1.29 is 0 Å². The lowest BCUT2D eigenvalue weighted by Gasteiger charge is -2.03. The number of thiophene rings is 1. The average Bonchev–Trinajstić information content (AvgIpc) is 2.90. The average molecular weight is 327 g/mol. The number of halogens is 1. The number of hydrogen-bond acceptors (Lipinski definition) is 3. The summed E-state index contributed by atoms with van der Waals surface area (Å²) in [5, 5.41) is 4.54. The molecule has 2 aromatic heterocycles. The minimum Gasteiger partial charge on any atom is -0.310 e. The molecule has 0 saturated carbocycles. The van der Waals surface area contributed by atoms with E-state index in [-0.39, 0.29) is 5.56 Å². The Hall–Kier alpha value is -2.17. The van der Waals surface area contributed by atoms with Crippen LogP contribution < -0.4 is 5.56 Å². The van der Waals surface area contributed by atoms with Crippen LogP contribution in [0.1, 0.15) is 11.4 Å². The van der Waals surface area contributed by atoms with Crippen LogP contribution in [0.2, 0.25) is 5.02 Å². The Labute approximate surface area is 135 Å². The molecule has 0 bridgehead atoms. The molecule has 2 aromatic carbocycles. The Balaban J connectivity index is 1.82. The van der Waals surface area contributed by atoms with E-state index in [1.807, 2.05) is 36.4 Å². The van der Waals surface area contributed by atoms with Crippen LogP contribution in [-0.4, -0.2) is 9.97 Å². The van der Waals surface area contributed by atoms with Gasteiger partial charge >= 0.3 is 0 Å². The number of hydrogen-bond donors (Lipinski definition) is 1. The van der Waals surface area contributed by atoms with Crippen LogP contribution in [0.4, 0.5) is 0 Å². The standard InChI is InChI=1S/C17H11ClN2OS/c18-11-5-6-15-13(8-11)10(9-22-15)7-16-19-14-4-2-1-3-12(14)17(21)20-16/h1-6,8-9H,7H2,(H,19,20,21). The summed E-state index contributed by atoms with van der Waals surface area (Å²) in [4.78, 5) is 19.6. The molecular formula is C17H11ClN2OS. The fourth-order valence-corrected chi connectivity index (χ4v) is 3.71. The van der Waals surface area contributed by atoms with Crippen LogP contribution in [0.5, 0.6) is 0 Å². The molecule has 3 nitrogen and oxygen atoms in total. The first-order valence-electron chi connectivity index (χ1n) is 6.84. The molecule has 0 radical (unpaired) electrons. The molecule has 0 aliphatic carbocycles. The zero-order valence-corrected chi connectivity index (χ0v) is 13.0. The molecule has 22 heavy (non-hydrogen) atoms. The van der Waals surface area contributed by atoms with Crippen LogP contribution in [0.3, 0.4) is 0 Å². The van der Waals surface area contributed by atoms with Gasteiger partial charge in [0.05, 0.1) is 10.9 Å². The molecule has 4 rings (SSSR count). The summed E-state index contributed by atoms with van der Waals surface area (Å²) >= 11 is 7.76. The summed E-state index contributed by atoms with van der Waals surface area (Å²) in [7, 11) is 0. The SMILES string of the molecule is O=c1[nH]c(Cc2csc3ccc(Cl)cc23)nc2ccccc12. The van der Waals surface area contributed by atoms with Gasteiger partial charge in [-0.3, -0.25) is 4.79 Å². The van der Waals surface area contributed by atoms with Crippen LogP contribution in [0.15, 0.2) is 52.6 Å². The Morgan fingerprint density at radius 1 is 1.14 bits per heavy atom. The molecule has 1 N–H and O–H groups in total. The van der Waals surface area contributed by atoms with E-state index in [2.05, 4.69) is 15.3 Å². The molecule has 5 heteroatoms. The smallest absolute Gasteiger partial charge is 0.258 e. The van der Waals surface area contributed by atoms with E-state index in [9.17, 15) is 4.79 Å². The summed E-state index contributed by atoms with van der Waals surface area (Å²) in [5.41, 5.74) is 1.75. The van der Waals surface area contributed by atoms with Crippen LogP contribution in [-0.2, 0) is 6.42 Å². The van der Waals surface area contributed by atoms with E-state index in [0.29, 0.717) is 22.7 Å². The van der Waals surface area contributed by atoms with Gasteiger partial charge in [0.2, 0.25) is 0 Å². The number of rotatable bonds is 2. The fraction of sp³-hybridized carbons (Fsp3) is 0.0588. The van der Waals surface area contributed by atoms with Gasteiger partial charge in [0, 0.05) is 16.1 Å². The Morgan fingerprint density at radius 3 is 2.91 bits per heavy atom. The lowest BCUT2D eigenvalue weighted by Crippen LogP contribution is -2.11. The van der Waals surface area contributed by atoms with E-state index in [0.717, 1.165) is 16.5 Å². The Bertz CT molecular complexity index is 1050. The highest BCUT2D eigenvalue weighted by Gasteiger charge is 2.09. The van der Waals surface area contributed by atoms with Gasteiger partial charge in [-0.25, -0.2) is 4.98 Å². The van der Waals surface area contributed by atoms with Gasteiger partial charge in [-0.05, 0) is 46.7 Å². The molecular weight excluding hydrogens is 316 g/mol. The zero-order chi connectivity index (χ0) is 15.1. The van der Waals surface area contributed by atoms with Crippen molar-refractivity contribution in [3.05, 3.63) is 74.6 Å². The Kier molecular flexibility index (Phi) is 3.21. The predicted octanol–water partition coefficient (Wildman–Crippen LogP) is 4.38. The third-order valence-electron chi connectivity index (χ3n) is 3.64. The molecule has 0 atom stereocenters. The first-order valence-corrected chi connectivity index (χ1v) is 8.10. The molecule has 108 valence electrons. The first kappa shape index (κ1) is 13.5. The second-order valence-electron chi connectivity index (χ2n) is 5.11. The summed E-state index contributed by atoms with van der Waals surface area (Å²) in [6, 6.07) is 13.2. The van der Waals surface area contributed by atoms with Crippen LogP contribution in [0.25, 0.3) is 21.0 Å². The third-order valence-corrected chi connectivity index (χ3v) is 4.88. The van der Waals surface area contributed by atoms with Crippen molar-refractivity contribution >= 4 is 43.9 Å². The van der Waals surface area contributed by atoms with Crippen molar-refractivity contribution in [2.45, 2.75) is 6.42 Å². The topological polar surface area (TPSA) is 45.8 Å². The van der Waals surface area contributed by atoms with Crippen molar-refractivity contribution in [3.63, 3.8) is 0 Å². The van der Waals surface area contributed by atoms with Gasteiger partial charge < -0.3 is 4.98 Å². The summed E-state index contributed by atoms with van der Waals surface area (Å²) < 4.78 is 1.18. The minimum absolute atomic E-state index is 0.0989. The molecule has 0 aliphatic heterocycles. The Morgan fingerprint density at radius 2 is 2.00 bits per heavy atom. The molecule has 0 saturated heterocycles. The van der Waals surface area contributed by atoms with E-state index < -0.39 is 0 Å². The van der Waals surface area contributed by atoms with E-state index in [1.165, 1.54) is 4.70 Å². The van der Waals surface area contributed by atoms with Gasteiger partial charge in [-0.1, -0.05) is 23.7 Å². The molecule has 4 aromatic rings. The number of aromatic nitrogens is 2. The number of aromatic amines is 1. The van der Waals surface area contributed by atoms with Crippen molar-refractivity contribution in [2.24, 2.45) is 0 Å². The summed E-state index contributed by atoms with van der Waals surface area (Å²) in [5.74, 6) is 0.670. The highest BCUT2D eigenvalue weighted by molar-refractivity contribution is 7.17. The molecule has 2 heterocycles. The first-order chi connectivity index (χ1) is 10.7. The maximum atomic E-state index is 12.1. The lowest BCUT2D eigenvalue weighted by atomic mass is 10.1. The lowest BCUT2D eigenvalue weighted by molar-refractivity contribution is 0.981. The molecule has 0 unspecified atom stereocenters. The zero-order valence-electron chi connectivity index (χ0n) is 11.5. The van der Waals surface area contributed by atoms with Crippen molar-refractivity contribution in [2.75, 3.05) is 0 Å². The van der Waals surface area contributed by atoms with Gasteiger partial charge in [0.1, 0.15) is 5.82 Å². The van der Waals surface area contributed by atoms with Crippen LogP contribution in [0, 0.1) is 0 Å². The monoisotopic (exact) mass is 326 g/mol. The number of fused-ring (bicyclic) bond motifs is 2. The maximum absolute atomic E-state index is 12.1. The summed E-state index contributed by atoms with van der Waals surface area (Å²) in [6.45, 7) is 0. The number of H-pyrrole nitrogens is 1. The second kappa shape index (κ2) is 5.23. The van der Waals surface area contributed by atoms with Crippen molar-refractivity contribution in [1.82, 2.24) is 9.97 Å². The fourth-order valence-electron chi connectivity index (χ4n) is 2.59. The number of nitrogens with zero attached hydrogens (tertiary/aromatic N) is 1. The van der Waals surface area contributed by atoms with E-state index in [4.69, 9.17) is 11.6 Å². The third kappa shape index (κ3) is 2.30. The van der Waals surface area contributed by atoms with Crippen molar-refractivity contribution in [1.29, 1.82) is 0 Å². The minimum atomic E-state index is -0.0989. The molecule has 0 spiro atoms. The maximum Gasteiger partial charge on any atom is 0.258 e. The van der Waals surface area contributed by atoms with Crippen molar-refractivity contribution in [3.8, 4) is 0 Å². The van der Waals surface area contributed by atoms with E-state index >= 15 is 0 Å². The quantitative estimate of drug-likeness (QED) is 0.594. The highest BCUT2D eigenvalue weighted by atomic mass is 35.5. The molecule has 0 amide bonds. The number of para-hydroxylation sites is 1. The van der Waals surface area contributed by atoms with E-state index in [1.54, 1.807) is 17.4 Å². The van der Waals surface area contributed by atoms with Gasteiger partial charge in [-0.15, -0.1) is 11.3 Å². The summed E-state index contributed by atoms with van der Waals surface area (Å²) in [6.07, 6.45) is 0.584. The molecule has 0 aliphatic rings. The second-order valence-corrected chi connectivity index (χ2v) is 6.46. The normalized spacial score (nSPS) is 11.3. The largest absolute Gasteiger partial charge is 0.310 e. The van der Waals surface area contributed by atoms with Gasteiger partial charge in [0.25, 0.3) is 5.56 Å². The van der Waals surface area contributed by atoms with Gasteiger partial charge in [0.15, 0.2) is 0 Å². The van der Waals surface area contributed by atoms with Crippen LogP contribution >= 0.6 is 22.9 Å². The number of benzene rings is 2. The van der Waals surface area contributed by atoms with Gasteiger partial charge in [-0.2, -0.15) is 0 Å². The highest BCUT2D eigenvalue weighted by Crippen LogP contribution is 2.29. The predicted molar refractivity (Wildman–Crippen MR) is 92.0 cm³/mol.